The molecule has 1 aromatic carbocycles. The summed E-state index contributed by atoms with van der Waals surface area (Å²) in [5, 5.41) is 19.2. The summed E-state index contributed by atoms with van der Waals surface area (Å²) in [6.45, 7) is 7.29. The van der Waals surface area contributed by atoms with Gasteiger partial charge in [0.2, 0.25) is 11.8 Å². The van der Waals surface area contributed by atoms with E-state index >= 15 is 0 Å². The van der Waals surface area contributed by atoms with Crippen molar-refractivity contribution < 1.29 is 23.4 Å². The molecule has 0 radical (unpaired) electrons. The fourth-order valence-electron chi connectivity index (χ4n) is 3.57. The van der Waals surface area contributed by atoms with E-state index in [0.717, 1.165) is 5.76 Å². The second-order valence-corrected chi connectivity index (χ2v) is 8.84. The molecular formula is C23H27N5O5S. The second-order valence-electron chi connectivity index (χ2n) is 7.66. The molecule has 3 aromatic heterocycles. The SMILES string of the molecule is COc1cccc(OC)c1-n1c(NSC(C)C(O)c2oc(C)nc2C)nnc1-c1ccc(C)o1. The van der Waals surface area contributed by atoms with Crippen LogP contribution < -0.4 is 14.2 Å². The monoisotopic (exact) mass is 485 g/mol. The third-order valence-electron chi connectivity index (χ3n) is 5.24. The van der Waals surface area contributed by atoms with Crippen molar-refractivity contribution in [3.05, 3.63) is 53.4 Å². The van der Waals surface area contributed by atoms with Gasteiger partial charge in [0.1, 0.15) is 29.1 Å². The molecule has 11 heteroatoms. The van der Waals surface area contributed by atoms with Crippen molar-refractivity contribution in [2.45, 2.75) is 39.0 Å². The molecule has 0 bridgehead atoms. The van der Waals surface area contributed by atoms with Crippen LogP contribution in [0.3, 0.4) is 0 Å². The zero-order chi connectivity index (χ0) is 24.4. The first kappa shape index (κ1) is 23.7. The quantitative estimate of drug-likeness (QED) is 0.324. The van der Waals surface area contributed by atoms with E-state index in [1.54, 1.807) is 25.7 Å². The van der Waals surface area contributed by atoms with Crippen LogP contribution in [0.1, 0.15) is 36.1 Å². The molecule has 34 heavy (non-hydrogen) atoms. The lowest BCUT2D eigenvalue weighted by atomic mass is 10.2. The molecule has 10 nitrogen and oxygen atoms in total. The molecule has 0 aliphatic carbocycles. The fourth-order valence-corrected chi connectivity index (χ4v) is 4.25. The predicted octanol–water partition coefficient (Wildman–Crippen LogP) is 4.64. The maximum absolute atomic E-state index is 10.8. The molecule has 2 N–H and O–H groups in total. The highest BCUT2D eigenvalue weighted by Crippen LogP contribution is 2.39. The van der Waals surface area contributed by atoms with Gasteiger partial charge in [-0.15, -0.1) is 10.2 Å². The zero-order valence-corrected chi connectivity index (χ0v) is 20.6. The minimum Gasteiger partial charge on any atom is -0.494 e. The molecule has 0 amide bonds. The van der Waals surface area contributed by atoms with E-state index in [-0.39, 0.29) is 5.25 Å². The number of methoxy groups -OCH3 is 2. The van der Waals surface area contributed by atoms with Crippen molar-refractivity contribution in [3.63, 3.8) is 0 Å². The number of aryl methyl sites for hydroxylation is 3. The molecule has 0 aliphatic rings. The number of aliphatic hydroxyl groups excluding tert-OH is 1. The van der Waals surface area contributed by atoms with Gasteiger partial charge >= 0.3 is 0 Å². The summed E-state index contributed by atoms with van der Waals surface area (Å²) in [7, 11) is 3.17. The van der Waals surface area contributed by atoms with E-state index in [2.05, 4.69) is 19.9 Å². The number of oxazole rings is 1. The van der Waals surface area contributed by atoms with Gasteiger partial charge < -0.3 is 23.4 Å². The van der Waals surface area contributed by atoms with E-state index < -0.39 is 6.10 Å². The van der Waals surface area contributed by atoms with E-state index in [0.29, 0.717) is 52.1 Å². The number of rotatable bonds is 9. The van der Waals surface area contributed by atoms with Gasteiger partial charge in [0.25, 0.3) is 0 Å². The maximum Gasteiger partial charge on any atom is 0.239 e. The van der Waals surface area contributed by atoms with Crippen molar-refractivity contribution in [3.8, 4) is 28.8 Å². The van der Waals surface area contributed by atoms with Crippen molar-refractivity contribution in [2.24, 2.45) is 0 Å². The number of hydrogen-bond donors (Lipinski definition) is 2. The molecule has 0 aliphatic heterocycles. The Morgan fingerprint density at radius 3 is 2.29 bits per heavy atom. The lowest BCUT2D eigenvalue weighted by molar-refractivity contribution is 0.149. The average molecular weight is 486 g/mol. The number of aromatic nitrogens is 4. The summed E-state index contributed by atoms with van der Waals surface area (Å²) < 4.78 is 27.6. The van der Waals surface area contributed by atoms with Gasteiger partial charge in [-0.05, 0) is 57.0 Å². The number of ether oxygens (including phenoxy) is 2. The van der Waals surface area contributed by atoms with Gasteiger partial charge in [0.15, 0.2) is 17.4 Å². The Labute approximate surface area is 201 Å². The number of benzene rings is 1. The van der Waals surface area contributed by atoms with Crippen LogP contribution in [0.15, 0.2) is 39.2 Å². The molecule has 0 spiro atoms. The first-order valence-electron chi connectivity index (χ1n) is 10.6. The normalized spacial score (nSPS) is 13.0. The molecule has 4 aromatic rings. The molecule has 2 atom stereocenters. The van der Waals surface area contributed by atoms with Gasteiger partial charge in [0.05, 0.1) is 25.2 Å². The summed E-state index contributed by atoms with van der Waals surface area (Å²) >= 11 is 1.28. The van der Waals surface area contributed by atoms with Crippen molar-refractivity contribution in [2.75, 3.05) is 18.9 Å². The predicted molar refractivity (Wildman–Crippen MR) is 129 cm³/mol. The molecular weight excluding hydrogens is 458 g/mol. The highest BCUT2D eigenvalue weighted by molar-refractivity contribution is 8.01. The Bertz CT molecular complexity index is 1260. The van der Waals surface area contributed by atoms with Crippen molar-refractivity contribution in [1.82, 2.24) is 19.7 Å². The number of nitrogens with zero attached hydrogens (tertiary/aromatic N) is 4. The van der Waals surface area contributed by atoms with E-state index in [9.17, 15) is 5.11 Å². The lowest BCUT2D eigenvalue weighted by Gasteiger charge is -2.19. The minimum absolute atomic E-state index is 0.301. The van der Waals surface area contributed by atoms with E-state index in [4.69, 9.17) is 18.3 Å². The highest BCUT2D eigenvalue weighted by Gasteiger charge is 2.27. The molecule has 0 fully saturated rings. The summed E-state index contributed by atoms with van der Waals surface area (Å²) in [5.74, 6) is 4.24. The summed E-state index contributed by atoms with van der Waals surface area (Å²) in [4.78, 5) is 4.24. The number of anilines is 1. The number of nitrogens with one attached hydrogen (secondary N) is 1. The summed E-state index contributed by atoms with van der Waals surface area (Å²) in [5.41, 5.74) is 1.27. The van der Waals surface area contributed by atoms with Crippen LogP contribution in [-0.2, 0) is 0 Å². The summed E-state index contributed by atoms with van der Waals surface area (Å²) in [6.07, 6.45) is -0.872. The Morgan fingerprint density at radius 2 is 1.74 bits per heavy atom. The molecule has 180 valence electrons. The maximum atomic E-state index is 10.8. The molecule has 0 saturated carbocycles. The standard InChI is InChI=1S/C23H27N5O5S/c1-12-10-11-18(32-12)22-25-26-23(28(22)19-16(30-5)8-7-9-17(19)31-6)27-34-14(3)20(29)21-13(2)24-15(4)33-21/h7-11,14,20,29H,1-6H3,(H,26,27). The Kier molecular flexibility index (Phi) is 6.85. The van der Waals surface area contributed by atoms with Crippen LogP contribution in [-0.4, -0.2) is 44.3 Å². The van der Waals surface area contributed by atoms with Gasteiger partial charge in [-0.1, -0.05) is 6.07 Å². The zero-order valence-electron chi connectivity index (χ0n) is 19.8. The largest absolute Gasteiger partial charge is 0.494 e. The van der Waals surface area contributed by atoms with Crippen LogP contribution in [0.4, 0.5) is 5.95 Å². The van der Waals surface area contributed by atoms with Gasteiger partial charge in [-0.2, -0.15) is 0 Å². The van der Waals surface area contributed by atoms with Crippen LogP contribution in [0.5, 0.6) is 11.5 Å². The lowest BCUT2D eigenvalue weighted by Crippen LogP contribution is -2.15. The topological polar surface area (TPSA) is 121 Å². The van der Waals surface area contributed by atoms with E-state index in [1.807, 2.05) is 51.1 Å². The Balaban J connectivity index is 1.72. The van der Waals surface area contributed by atoms with Crippen molar-refractivity contribution >= 4 is 17.9 Å². The molecule has 4 rings (SSSR count). The van der Waals surface area contributed by atoms with Gasteiger partial charge in [-0.3, -0.25) is 9.29 Å². The number of aliphatic hydroxyl groups is 1. The Morgan fingerprint density at radius 1 is 1.03 bits per heavy atom. The Hall–Kier alpha value is -3.44. The van der Waals surface area contributed by atoms with Crippen molar-refractivity contribution in [1.29, 1.82) is 0 Å². The molecule has 2 unspecified atom stereocenters. The number of para-hydroxylation sites is 1. The van der Waals surface area contributed by atoms with E-state index in [1.165, 1.54) is 11.9 Å². The third-order valence-corrected chi connectivity index (χ3v) is 6.17. The third kappa shape index (κ3) is 4.48. The molecule has 0 saturated heterocycles. The number of hydrogen-bond acceptors (Lipinski definition) is 10. The first-order chi connectivity index (χ1) is 16.3. The first-order valence-corrected chi connectivity index (χ1v) is 11.5. The van der Waals surface area contributed by atoms with Gasteiger partial charge in [-0.25, -0.2) is 4.98 Å². The van der Waals surface area contributed by atoms with Crippen LogP contribution in [0.25, 0.3) is 17.3 Å². The minimum atomic E-state index is -0.872. The fraction of sp³-hybridized carbons (Fsp3) is 0.348. The van der Waals surface area contributed by atoms with Crippen LogP contribution in [0, 0.1) is 20.8 Å². The number of furan rings is 1. The molecule has 3 heterocycles. The average Bonchev–Trinajstić information content (AvgIpc) is 3.53. The van der Waals surface area contributed by atoms with Gasteiger partial charge in [0, 0.05) is 6.92 Å². The second kappa shape index (κ2) is 9.82. The highest BCUT2D eigenvalue weighted by atomic mass is 32.2. The van der Waals surface area contributed by atoms with Crippen LogP contribution in [0.2, 0.25) is 0 Å². The van der Waals surface area contributed by atoms with Crippen LogP contribution >= 0.6 is 11.9 Å². The summed E-state index contributed by atoms with van der Waals surface area (Å²) in [6, 6.07) is 9.18. The smallest absolute Gasteiger partial charge is 0.239 e.